The molecule has 0 bridgehead atoms. The van der Waals surface area contributed by atoms with Crippen LogP contribution >= 0.6 is 11.6 Å². The molecule has 3 unspecified atom stereocenters. The van der Waals surface area contributed by atoms with Crippen molar-refractivity contribution < 1.29 is 9.50 Å². The van der Waals surface area contributed by atoms with E-state index >= 15 is 0 Å². The van der Waals surface area contributed by atoms with Gasteiger partial charge in [-0.25, -0.2) is 4.39 Å². The maximum atomic E-state index is 13.2. The monoisotopic (exact) mass is 256 g/mol. The van der Waals surface area contributed by atoms with Crippen LogP contribution in [0.2, 0.25) is 5.02 Å². The first-order valence-electron chi connectivity index (χ1n) is 6.18. The number of halogens is 2. The second kappa shape index (κ2) is 5.36. The van der Waals surface area contributed by atoms with E-state index in [4.69, 9.17) is 11.6 Å². The third-order valence-corrected chi connectivity index (χ3v) is 4.06. The van der Waals surface area contributed by atoms with Crippen molar-refractivity contribution in [2.45, 2.75) is 38.7 Å². The summed E-state index contributed by atoms with van der Waals surface area (Å²) in [7, 11) is 0. The van der Waals surface area contributed by atoms with Crippen molar-refractivity contribution in [3.05, 3.63) is 34.6 Å². The van der Waals surface area contributed by atoms with Gasteiger partial charge in [0.25, 0.3) is 0 Å². The van der Waals surface area contributed by atoms with Crippen LogP contribution in [0.3, 0.4) is 0 Å². The highest BCUT2D eigenvalue weighted by atomic mass is 35.5. The average Bonchev–Trinajstić information content (AvgIpc) is 2.28. The van der Waals surface area contributed by atoms with Crippen molar-refractivity contribution >= 4 is 11.6 Å². The molecule has 1 aliphatic rings. The molecule has 3 heteroatoms. The topological polar surface area (TPSA) is 20.2 Å². The first kappa shape index (κ1) is 12.8. The van der Waals surface area contributed by atoms with Gasteiger partial charge in [0, 0.05) is 5.02 Å². The molecular formula is C14H18ClFO. The molecule has 0 heterocycles. The fourth-order valence-corrected chi connectivity index (χ4v) is 2.88. The van der Waals surface area contributed by atoms with Gasteiger partial charge in [-0.2, -0.15) is 0 Å². The second-order valence-corrected chi connectivity index (χ2v) is 5.59. The summed E-state index contributed by atoms with van der Waals surface area (Å²) in [5, 5.41) is 10.6. The molecule has 0 amide bonds. The van der Waals surface area contributed by atoms with Crippen LogP contribution in [0.5, 0.6) is 0 Å². The van der Waals surface area contributed by atoms with E-state index < -0.39 is 0 Å². The molecule has 0 aliphatic heterocycles. The summed E-state index contributed by atoms with van der Waals surface area (Å²) < 4.78 is 13.2. The molecule has 1 aliphatic carbocycles. The summed E-state index contributed by atoms with van der Waals surface area (Å²) in [6.07, 6.45) is 3.31. The van der Waals surface area contributed by atoms with Gasteiger partial charge in [-0.1, -0.05) is 18.5 Å². The maximum Gasteiger partial charge on any atom is 0.123 e. The number of aliphatic hydroxyl groups excluding tert-OH is 1. The Morgan fingerprint density at radius 3 is 2.94 bits per heavy atom. The minimum atomic E-state index is -0.273. The van der Waals surface area contributed by atoms with Crippen molar-refractivity contribution in [1.29, 1.82) is 0 Å². The molecule has 94 valence electrons. The molecule has 1 saturated carbocycles. The molecule has 0 aromatic heterocycles. The predicted molar refractivity (Wildman–Crippen MR) is 67.6 cm³/mol. The molecule has 0 saturated heterocycles. The van der Waals surface area contributed by atoms with Crippen molar-refractivity contribution in [3.8, 4) is 0 Å². The Morgan fingerprint density at radius 2 is 2.18 bits per heavy atom. The Hall–Kier alpha value is -0.600. The zero-order valence-electron chi connectivity index (χ0n) is 10.00. The van der Waals surface area contributed by atoms with Gasteiger partial charge in [-0.3, -0.25) is 0 Å². The minimum Gasteiger partial charge on any atom is -0.393 e. The van der Waals surface area contributed by atoms with E-state index in [0.29, 0.717) is 17.4 Å². The molecule has 3 atom stereocenters. The molecular weight excluding hydrogens is 239 g/mol. The van der Waals surface area contributed by atoms with Gasteiger partial charge in [-0.05, 0) is 61.3 Å². The largest absolute Gasteiger partial charge is 0.393 e. The molecule has 1 fully saturated rings. The summed E-state index contributed by atoms with van der Waals surface area (Å²) in [5.41, 5.74) is 0.810. The van der Waals surface area contributed by atoms with Crippen molar-refractivity contribution in [2.75, 3.05) is 0 Å². The van der Waals surface area contributed by atoms with Crippen LogP contribution in [0.25, 0.3) is 0 Å². The Labute approximate surface area is 107 Å². The lowest BCUT2D eigenvalue weighted by atomic mass is 9.77. The molecule has 1 aromatic carbocycles. The summed E-state index contributed by atoms with van der Waals surface area (Å²) in [6, 6.07) is 4.44. The van der Waals surface area contributed by atoms with Crippen LogP contribution < -0.4 is 0 Å². The lowest BCUT2D eigenvalue weighted by Crippen LogP contribution is -2.29. The lowest BCUT2D eigenvalue weighted by molar-refractivity contribution is 0.0519. The van der Waals surface area contributed by atoms with Crippen molar-refractivity contribution in [2.24, 2.45) is 11.8 Å². The van der Waals surface area contributed by atoms with Gasteiger partial charge >= 0.3 is 0 Å². The van der Waals surface area contributed by atoms with E-state index in [0.717, 1.165) is 24.8 Å². The van der Waals surface area contributed by atoms with Crippen LogP contribution in [0, 0.1) is 17.7 Å². The van der Waals surface area contributed by atoms with Crippen LogP contribution in [-0.2, 0) is 6.42 Å². The number of aliphatic hydroxyl groups is 1. The first-order valence-corrected chi connectivity index (χ1v) is 6.56. The number of benzene rings is 1. The van der Waals surface area contributed by atoms with Crippen LogP contribution in [0.4, 0.5) is 4.39 Å². The fraction of sp³-hybridized carbons (Fsp3) is 0.571. The molecule has 1 aromatic rings. The summed E-state index contributed by atoms with van der Waals surface area (Å²) >= 11 is 6.05. The Balaban J connectivity index is 2.11. The van der Waals surface area contributed by atoms with Crippen molar-refractivity contribution in [1.82, 2.24) is 0 Å². The third-order valence-electron chi connectivity index (χ3n) is 3.69. The fourth-order valence-electron chi connectivity index (χ4n) is 2.68. The van der Waals surface area contributed by atoms with Crippen LogP contribution in [0.1, 0.15) is 31.7 Å². The van der Waals surface area contributed by atoms with Gasteiger partial charge in [-0.15, -0.1) is 0 Å². The van der Waals surface area contributed by atoms with Crippen molar-refractivity contribution in [3.63, 3.8) is 0 Å². The number of rotatable bonds is 2. The molecule has 1 nitrogen and oxygen atoms in total. The van der Waals surface area contributed by atoms with Gasteiger partial charge in [0.1, 0.15) is 5.82 Å². The Kier molecular flexibility index (Phi) is 4.05. The standard InChI is InChI=1S/C14H18ClFO/c1-9-2-5-14(17)11(6-9)7-10-8-12(16)3-4-13(10)15/h3-4,8-9,11,14,17H,2,5-7H2,1H3. The summed E-state index contributed by atoms with van der Waals surface area (Å²) in [5.74, 6) is 0.580. The third kappa shape index (κ3) is 3.20. The van der Waals surface area contributed by atoms with Gasteiger partial charge in [0.05, 0.1) is 6.10 Å². The summed E-state index contributed by atoms with van der Waals surface area (Å²) in [4.78, 5) is 0. The lowest BCUT2D eigenvalue weighted by Gasteiger charge is -2.31. The van der Waals surface area contributed by atoms with E-state index in [1.54, 1.807) is 6.07 Å². The first-order chi connectivity index (χ1) is 8.06. The zero-order chi connectivity index (χ0) is 12.4. The normalized spacial score (nSPS) is 29.3. The second-order valence-electron chi connectivity index (χ2n) is 5.19. The average molecular weight is 257 g/mol. The Bertz CT molecular complexity index is 394. The van der Waals surface area contributed by atoms with Gasteiger partial charge in [0.15, 0.2) is 0 Å². The minimum absolute atomic E-state index is 0.207. The summed E-state index contributed by atoms with van der Waals surface area (Å²) in [6.45, 7) is 2.20. The highest BCUT2D eigenvalue weighted by Gasteiger charge is 2.27. The predicted octanol–water partition coefficient (Wildman–Crippen LogP) is 3.82. The van der Waals surface area contributed by atoms with E-state index in [-0.39, 0.29) is 17.8 Å². The van der Waals surface area contributed by atoms with E-state index in [1.165, 1.54) is 12.1 Å². The van der Waals surface area contributed by atoms with E-state index in [2.05, 4.69) is 6.92 Å². The highest BCUT2D eigenvalue weighted by Crippen LogP contribution is 2.33. The highest BCUT2D eigenvalue weighted by molar-refractivity contribution is 6.31. The van der Waals surface area contributed by atoms with E-state index in [1.807, 2.05) is 0 Å². The molecule has 17 heavy (non-hydrogen) atoms. The number of hydrogen-bond acceptors (Lipinski definition) is 1. The van der Waals surface area contributed by atoms with Crippen LogP contribution in [-0.4, -0.2) is 11.2 Å². The van der Waals surface area contributed by atoms with E-state index in [9.17, 15) is 9.50 Å². The SMILES string of the molecule is CC1CCC(O)C(Cc2cc(F)ccc2Cl)C1. The van der Waals surface area contributed by atoms with Gasteiger partial charge < -0.3 is 5.11 Å². The zero-order valence-corrected chi connectivity index (χ0v) is 10.8. The molecule has 0 spiro atoms. The Morgan fingerprint density at radius 1 is 1.41 bits per heavy atom. The maximum absolute atomic E-state index is 13.2. The van der Waals surface area contributed by atoms with Gasteiger partial charge in [0.2, 0.25) is 0 Å². The van der Waals surface area contributed by atoms with Crippen LogP contribution in [0.15, 0.2) is 18.2 Å². The smallest absolute Gasteiger partial charge is 0.123 e. The quantitative estimate of drug-likeness (QED) is 0.853. The molecule has 2 rings (SSSR count). The molecule has 1 N–H and O–H groups in total. The molecule has 0 radical (unpaired) electrons. The number of hydrogen-bond donors (Lipinski definition) is 1.